The number of carbonyl (C=O) groups excluding carboxylic acids is 1. The number of amides is 1. The molecule has 1 aliphatic heterocycles. The number of hydrogen-bond donors (Lipinski definition) is 1. The average molecular weight is 354 g/mol. The Hall–Kier alpha value is -2.07. The number of nitrogens with zero attached hydrogens (tertiary/aromatic N) is 1. The number of benzene rings is 2. The van der Waals surface area contributed by atoms with Crippen LogP contribution in [0.25, 0.3) is 10.8 Å². The molecule has 0 aromatic heterocycles. The van der Waals surface area contributed by atoms with E-state index in [4.69, 9.17) is 4.74 Å². The van der Waals surface area contributed by atoms with Crippen molar-refractivity contribution in [2.24, 2.45) is 5.92 Å². The van der Waals surface area contributed by atoms with Crippen LogP contribution in [-0.4, -0.2) is 36.2 Å². The molecule has 0 saturated carbocycles. The number of nitrogens with one attached hydrogen (secondary N) is 1. The van der Waals surface area contributed by atoms with Gasteiger partial charge in [-0.05, 0) is 69.5 Å². The van der Waals surface area contributed by atoms with Crippen LogP contribution in [0.5, 0.6) is 0 Å². The Bertz CT molecular complexity index is 755. The lowest BCUT2D eigenvalue weighted by molar-refractivity contribution is 0.0144. The molecular formula is C22H30N2O2. The molecule has 4 heteroatoms. The molecule has 0 bridgehead atoms. The Morgan fingerprint density at radius 3 is 2.65 bits per heavy atom. The van der Waals surface area contributed by atoms with E-state index in [9.17, 15) is 4.79 Å². The standard InChI is InChI=1S/C22H30N2O2/c1-16(19-11-7-9-18-8-5-6-10-20(18)19)24(15-17-12-13-23-14-17)21(25)26-22(2,3)4/h5-11,16-17,23H,12-15H2,1-4H3/t16-,17?/m1/s1. The second-order valence-corrected chi connectivity index (χ2v) is 8.24. The largest absolute Gasteiger partial charge is 0.444 e. The molecule has 3 rings (SSSR count). The van der Waals surface area contributed by atoms with Crippen LogP contribution in [0.3, 0.4) is 0 Å². The maximum absolute atomic E-state index is 13.0. The topological polar surface area (TPSA) is 41.6 Å². The molecule has 2 aromatic carbocycles. The monoisotopic (exact) mass is 354 g/mol. The fourth-order valence-corrected chi connectivity index (χ4v) is 3.64. The first-order valence-electron chi connectivity index (χ1n) is 9.53. The third kappa shape index (κ3) is 4.36. The second kappa shape index (κ2) is 7.67. The first-order chi connectivity index (χ1) is 12.3. The van der Waals surface area contributed by atoms with Crippen LogP contribution in [0.1, 0.15) is 45.7 Å². The molecule has 1 N–H and O–H groups in total. The summed E-state index contributed by atoms with van der Waals surface area (Å²) in [6.45, 7) is 10.6. The number of rotatable bonds is 4. The van der Waals surface area contributed by atoms with E-state index in [1.165, 1.54) is 16.3 Å². The van der Waals surface area contributed by atoms with E-state index in [0.29, 0.717) is 12.5 Å². The fourth-order valence-electron chi connectivity index (χ4n) is 3.64. The summed E-state index contributed by atoms with van der Waals surface area (Å²) in [4.78, 5) is 14.9. The third-order valence-corrected chi connectivity index (χ3v) is 4.99. The Balaban J connectivity index is 1.92. The van der Waals surface area contributed by atoms with Crippen molar-refractivity contribution < 1.29 is 9.53 Å². The highest BCUT2D eigenvalue weighted by Gasteiger charge is 2.30. The molecule has 0 aliphatic carbocycles. The molecule has 26 heavy (non-hydrogen) atoms. The van der Waals surface area contributed by atoms with Crippen molar-refractivity contribution in [1.82, 2.24) is 10.2 Å². The Morgan fingerprint density at radius 2 is 1.96 bits per heavy atom. The van der Waals surface area contributed by atoms with Crippen molar-refractivity contribution in [1.29, 1.82) is 0 Å². The molecule has 1 amide bonds. The van der Waals surface area contributed by atoms with Crippen LogP contribution in [-0.2, 0) is 4.74 Å². The second-order valence-electron chi connectivity index (χ2n) is 8.24. The first-order valence-corrected chi connectivity index (χ1v) is 9.53. The molecule has 140 valence electrons. The zero-order valence-corrected chi connectivity index (χ0v) is 16.3. The minimum absolute atomic E-state index is 0.0449. The molecule has 4 nitrogen and oxygen atoms in total. The van der Waals surface area contributed by atoms with Crippen molar-refractivity contribution in [2.45, 2.75) is 45.8 Å². The smallest absolute Gasteiger partial charge is 0.410 e. The van der Waals surface area contributed by atoms with Gasteiger partial charge < -0.3 is 15.0 Å². The van der Waals surface area contributed by atoms with Gasteiger partial charge in [0.2, 0.25) is 0 Å². The molecule has 1 unspecified atom stereocenters. The number of carbonyl (C=O) groups is 1. The summed E-state index contributed by atoms with van der Waals surface area (Å²) < 4.78 is 5.73. The van der Waals surface area contributed by atoms with Crippen molar-refractivity contribution in [2.75, 3.05) is 19.6 Å². The highest BCUT2D eigenvalue weighted by molar-refractivity contribution is 5.86. The SMILES string of the molecule is C[C@H](c1cccc2ccccc12)N(CC1CCNC1)C(=O)OC(C)(C)C. The number of fused-ring (bicyclic) bond motifs is 1. The summed E-state index contributed by atoms with van der Waals surface area (Å²) in [5, 5.41) is 5.79. The first kappa shape index (κ1) is 18.7. The van der Waals surface area contributed by atoms with Gasteiger partial charge in [-0.3, -0.25) is 0 Å². The van der Waals surface area contributed by atoms with Crippen LogP contribution < -0.4 is 5.32 Å². The predicted molar refractivity (Wildman–Crippen MR) is 106 cm³/mol. The lowest BCUT2D eigenvalue weighted by Crippen LogP contribution is -2.41. The van der Waals surface area contributed by atoms with Gasteiger partial charge in [0.1, 0.15) is 5.60 Å². The van der Waals surface area contributed by atoms with Crippen molar-refractivity contribution in [3.05, 3.63) is 48.0 Å². The summed E-state index contributed by atoms with van der Waals surface area (Å²) >= 11 is 0. The van der Waals surface area contributed by atoms with Gasteiger partial charge in [0.05, 0.1) is 6.04 Å². The Morgan fingerprint density at radius 1 is 1.23 bits per heavy atom. The van der Waals surface area contributed by atoms with Gasteiger partial charge in [-0.2, -0.15) is 0 Å². The molecule has 1 saturated heterocycles. The van der Waals surface area contributed by atoms with Gasteiger partial charge in [-0.15, -0.1) is 0 Å². The zero-order chi connectivity index (χ0) is 18.7. The van der Waals surface area contributed by atoms with Crippen LogP contribution in [0.4, 0.5) is 4.79 Å². The summed E-state index contributed by atoms with van der Waals surface area (Å²) in [5.74, 6) is 0.472. The van der Waals surface area contributed by atoms with Crippen LogP contribution in [0.15, 0.2) is 42.5 Å². The number of ether oxygens (including phenoxy) is 1. The minimum atomic E-state index is -0.498. The van der Waals surface area contributed by atoms with E-state index in [1.54, 1.807) is 0 Å². The Labute approximate surface area is 156 Å². The van der Waals surface area contributed by atoms with Crippen molar-refractivity contribution in [3.63, 3.8) is 0 Å². The molecule has 1 fully saturated rings. The van der Waals surface area contributed by atoms with Crippen LogP contribution >= 0.6 is 0 Å². The highest BCUT2D eigenvalue weighted by atomic mass is 16.6. The highest BCUT2D eigenvalue weighted by Crippen LogP contribution is 2.30. The van der Waals surface area contributed by atoms with Gasteiger partial charge >= 0.3 is 6.09 Å². The minimum Gasteiger partial charge on any atom is -0.444 e. The quantitative estimate of drug-likeness (QED) is 0.862. The number of hydrogen-bond acceptors (Lipinski definition) is 3. The molecule has 1 aliphatic rings. The fraction of sp³-hybridized carbons (Fsp3) is 0.500. The van der Waals surface area contributed by atoms with Gasteiger partial charge in [-0.1, -0.05) is 42.5 Å². The molecule has 0 radical (unpaired) electrons. The zero-order valence-electron chi connectivity index (χ0n) is 16.3. The van der Waals surface area contributed by atoms with Gasteiger partial charge in [-0.25, -0.2) is 4.79 Å². The van der Waals surface area contributed by atoms with Gasteiger partial charge in [0, 0.05) is 6.54 Å². The predicted octanol–water partition coefficient (Wildman–Crippen LogP) is 4.75. The lowest BCUT2D eigenvalue weighted by Gasteiger charge is -2.34. The van der Waals surface area contributed by atoms with Crippen LogP contribution in [0, 0.1) is 5.92 Å². The molecule has 2 aromatic rings. The van der Waals surface area contributed by atoms with Crippen molar-refractivity contribution >= 4 is 16.9 Å². The van der Waals surface area contributed by atoms with Gasteiger partial charge in [0.15, 0.2) is 0 Å². The summed E-state index contributed by atoms with van der Waals surface area (Å²) in [6.07, 6.45) is 0.867. The van der Waals surface area contributed by atoms with E-state index >= 15 is 0 Å². The van der Waals surface area contributed by atoms with E-state index < -0.39 is 5.60 Å². The van der Waals surface area contributed by atoms with Crippen LogP contribution in [0.2, 0.25) is 0 Å². The summed E-state index contributed by atoms with van der Waals surface area (Å²) in [5.41, 5.74) is 0.668. The van der Waals surface area contributed by atoms with E-state index in [2.05, 4.69) is 48.6 Å². The van der Waals surface area contributed by atoms with E-state index in [-0.39, 0.29) is 12.1 Å². The van der Waals surface area contributed by atoms with Gasteiger partial charge in [0.25, 0.3) is 0 Å². The Kier molecular flexibility index (Phi) is 5.52. The maximum atomic E-state index is 13.0. The van der Waals surface area contributed by atoms with Crippen molar-refractivity contribution in [3.8, 4) is 0 Å². The van der Waals surface area contributed by atoms with E-state index in [1.807, 2.05) is 31.7 Å². The molecule has 0 spiro atoms. The van der Waals surface area contributed by atoms with E-state index in [0.717, 1.165) is 19.5 Å². The molecule has 2 atom stereocenters. The molecular weight excluding hydrogens is 324 g/mol. The third-order valence-electron chi connectivity index (χ3n) is 4.99. The summed E-state index contributed by atoms with van der Waals surface area (Å²) in [6, 6.07) is 14.6. The summed E-state index contributed by atoms with van der Waals surface area (Å²) in [7, 11) is 0. The maximum Gasteiger partial charge on any atom is 0.410 e. The molecule has 1 heterocycles. The normalized spacial score (nSPS) is 18.7. The average Bonchev–Trinajstić information content (AvgIpc) is 3.10. The lowest BCUT2D eigenvalue weighted by atomic mass is 9.98.